The highest BCUT2D eigenvalue weighted by molar-refractivity contribution is 5.94. The summed E-state index contributed by atoms with van der Waals surface area (Å²) in [5, 5.41) is 4.95. The highest BCUT2D eigenvalue weighted by Gasteiger charge is 2.11. The average molecular weight is 621 g/mol. The van der Waals surface area contributed by atoms with E-state index in [1.807, 2.05) is 25.2 Å². The van der Waals surface area contributed by atoms with Gasteiger partial charge in [0.15, 0.2) is 0 Å². The Morgan fingerprint density at radius 3 is 2.15 bits per heavy atom. The summed E-state index contributed by atoms with van der Waals surface area (Å²) < 4.78 is 0. The first-order valence-electron chi connectivity index (χ1n) is 16.6. The second-order valence-electron chi connectivity index (χ2n) is 11.9. The summed E-state index contributed by atoms with van der Waals surface area (Å²) in [4.78, 5) is 0. The van der Waals surface area contributed by atoms with Crippen molar-refractivity contribution in [1.82, 2.24) is 0 Å². The lowest BCUT2D eigenvalue weighted by Gasteiger charge is -2.15. The summed E-state index contributed by atoms with van der Waals surface area (Å²) >= 11 is 0. The smallest absolute Gasteiger partial charge is 0.0109 e. The van der Waals surface area contributed by atoms with Gasteiger partial charge in [0, 0.05) is 0 Å². The average Bonchev–Trinajstić information content (AvgIpc) is 3.12. The molecule has 0 saturated heterocycles. The highest BCUT2D eigenvalue weighted by Crippen LogP contribution is 2.33. The van der Waals surface area contributed by atoms with Gasteiger partial charge >= 0.3 is 0 Å². The Labute approximate surface area is 287 Å². The van der Waals surface area contributed by atoms with Gasteiger partial charge in [0.2, 0.25) is 0 Å². The maximum absolute atomic E-state index is 4.39. The molecule has 48 heavy (non-hydrogen) atoms. The number of hydrogen-bond donors (Lipinski definition) is 0. The predicted octanol–water partition coefficient (Wildman–Crippen LogP) is 13.6. The summed E-state index contributed by atoms with van der Waals surface area (Å²) in [6, 6.07) is 30.5. The SMILES string of the molecule is C=C/C1=C(c2ccc3ccccc3c2)/C=C\C=C(/C)C(=C)/C=C(C=C)/C(/C=C\C)=C\C=C\C=C/C=C(\c2cccc3ccccc23)CC1. The lowest BCUT2D eigenvalue weighted by molar-refractivity contribution is 1.03. The van der Waals surface area contributed by atoms with Crippen LogP contribution in [0.25, 0.3) is 32.7 Å². The van der Waals surface area contributed by atoms with Gasteiger partial charge in [-0.2, -0.15) is 0 Å². The van der Waals surface area contributed by atoms with Crippen LogP contribution in [0, 0.1) is 0 Å². The second kappa shape index (κ2) is 16.7. The molecule has 0 atom stereocenters. The molecule has 4 aromatic carbocycles. The van der Waals surface area contributed by atoms with Gasteiger partial charge in [0.05, 0.1) is 0 Å². The van der Waals surface area contributed by atoms with Crippen LogP contribution in [0.4, 0.5) is 0 Å². The van der Waals surface area contributed by atoms with Gasteiger partial charge in [-0.15, -0.1) is 0 Å². The van der Waals surface area contributed by atoms with Crippen molar-refractivity contribution < 1.29 is 0 Å². The molecular formula is C48H44. The van der Waals surface area contributed by atoms with Gasteiger partial charge in [-0.3, -0.25) is 0 Å². The molecule has 0 radical (unpaired) electrons. The number of fused-ring (bicyclic) bond motifs is 2. The van der Waals surface area contributed by atoms with Crippen LogP contribution in [0.5, 0.6) is 0 Å². The molecule has 0 nitrogen and oxygen atoms in total. The summed E-state index contributed by atoms with van der Waals surface area (Å²) in [5.74, 6) is 0. The van der Waals surface area contributed by atoms with Crippen molar-refractivity contribution in [2.45, 2.75) is 26.7 Å². The van der Waals surface area contributed by atoms with E-state index in [2.05, 4.69) is 178 Å². The molecule has 0 heterocycles. The van der Waals surface area contributed by atoms with Crippen LogP contribution < -0.4 is 0 Å². The van der Waals surface area contributed by atoms with Gasteiger partial charge in [-0.1, -0.05) is 178 Å². The summed E-state index contributed by atoms with van der Waals surface area (Å²) in [6.45, 7) is 16.9. The molecule has 1 aliphatic carbocycles. The Bertz CT molecular complexity index is 2120. The van der Waals surface area contributed by atoms with E-state index in [-0.39, 0.29) is 0 Å². The quantitative estimate of drug-likeness (QED) is 0.208. The highest BCUT2D eigenvalue weighted by atomic mass is 14.2. The summed E-state index contributed by atoms with van der Waals surface area (Å²) in [7, 11) is 0. The minimum atomic E-state index is 0.838. The molecule has 0 fully saturated rings. The molecule has 4 aromatic rings. The van der Waals surface area contributed by atoms with E-state index in [9.17, 15) is 0 Å². The van der Waals surface area contributed by atoms with Crippen LogP contribution in [0.3, 0.4) is 0 Å². The maximum Gasteiger partial charge on any atom is -0.0109 e. The zero-order valence-electron chi connectivity index (χ0n) is 28.2. The van der Waals surface area contributed by atoms with Crippen LogP contribution >= 0.6 is 0 Å². The molecule has 236 valence electrons. The first-order chi connectivity index (χ1) is 23.5. The largest absolute Gasteiger partial charge is 0.0988 e. The Hall–Kier alpha value is -5.72. The molecule has 5 rings (SSSR count). The molecule has 0 unspecified atom stereocenters. The first kappa shape index (κ1) is 33.6. The zero-order chi connectivity index (χ0) is 33.7. The fourth-order valence-electron chi connectivity index (χ4n) is 6.02. The van der Waals surface area contributed by atoms with Gasteiger partial charge in [-0.25, -0.2) is 0 Å². The minimum Gasteiger partial charge on any atom is -0.0988 e. The Kier molecular flexibility index (Phi) is 11.7. The first-order valence-corrected chi connectivity index (χ1v) is 16.6. The van der Waals surface area contributed by atoms with Crippen molar-refractivity contribution >= 4 is 32.7 Å². The molecule has 0 spiro atoms. The van der Waals surface area contributed by atoms with E-state index >= 15 is 0 Å². The zero-order valence-corrected chi connectivity index (χ0v) is 28.2. The van der Waals surface area contributed by atoms with E-state index in [4.69, 9.17) is 0 Å². The Morgan fingerprint density at radius 1 is 0.646 bits per heavy atom. The van der Waals surface area contributed by atoms with Crippen molar-refractivity contribution in [2.24, 2.45) is 0 Å². The molecule has 0 aliphatic heterocycles. The van der Waals surface area contributed by atoms with Crippen molar-refractivity contribution in [3.05, 3.63) is 229 Å². The van der Waals surface area contributed by atoms with Gasteiger partial charge in [0.25, 0.3) is 0 Å². The van der Waals surface area contributed by atoms with E-state index in [1.165, 1.54) is 49.4 Å². The molecule has 0 N–H and O–H groups in total. The van der Waals surface area contributed by atoms with E-state index in [0.717, 1.165) is 35.1 Å². The molecule has 1 aliphatic rings. The lowest BCUT2D eigenvalue weighted by Crippen LogP contribution is -1.93. The molecule has 0 bridgehead atoms. The number of benzene rings is 4. The maximum atomic E-state index is 4.39. The standard InChI is InChI=1S/C48H44/c1-6-19-40-21-11-9-10-12-23-43(48-29-18-26-42-24-15-16-27-47(42)48)32-30-38(7-2)46(28-17-20-36(4)37(5)34-39(40)8-3)45-33-31-41-22-13-14-25-44(41)35-45/h6-29,31,33-35H,2-3,5,30,32H2,1,4H3/b11-9+,12-10-,19-6-,28-17-,36-20+,39-34+,40-21-,43-23-,46-38+. The molecule has 0 amide bonds. The van der Waals surface area contributed by atoms with Crippen LogP contribution in [-0.2, 0) is 0 Å². The predicted molar refractivity (Wildman–Crippen MR) is 214 cm³/mol. The van der Waals surface area contributed by atoms with Crippen LogP contribution in [0.15, 0.2) is 218 Å². The van der Waals surface area contributed by atoms with Crippen LogP contribution in [0.1, 0.15) is 37.8 Å². The fourth-order valence-corrected chi connectivity index (χ4v) is 6.02. The third kappa shape index (κ3) is 8.35. The fraction of sp³-hybridized carbons (Fsp3) is 0.0833. The van der Waals surface area contributed by atoms with Gasteiger partial charge in [-0.05, 0) is 111 Å². The van der Waals surface area contributed by atoms with Crippen molar-refractivity contribution in [1.29, 1.82) is 0 Å². The van der Waals surface area contributed by atoms with Crippen molar-refractivity contribution in [3.63, 3.8) is 0 Å². The minimum absolute atomic E-state index is 0.838. The third-order valence-corrected chi connectivity index (χ3v) is 8.70. The van der Waals surface area contributed by atoms with E-state index in [1.54, 1.807) is 0 Å². The topological polar surface area (TPSA) is 0 Å². The second-order valence-corrected chi connectivity index (χ2v) is 11.9. The normalized spacial score (nSPS) is 23.2. The Morgan fingerprint density at radius 2 is 1.38 bits per heavy atom. The van der Waals surface area contributed by atoms with Crippen molar-refractivity contribution in [2.75, 3.05) is 0 Å². The molecule has 0 aromatic heterocycles. The molecule has 0 heteroatoms. The van der Waals surface area contributed by atoms with Gasteiger partial charge in [0.1, 0.15) is 0 Å². The van der Waals surface area contributed by atoms with Gasteiger partial charge < -0.3 is 0 Å². The third-order valence-electron chi connectivity index (χ3n) is 8.70. The summed E-state index contributed by atoms with van der Waals surface area (Å²) in [6.07, 6.45) is 31.1. The van der Waals surface area contributed by atoms with Crippen molar-refractivity contribution in [3.8, 4) is 0 Å². The van der Waals surface area contributed by atoms with E-state index in [0.29, 0.717) is 0 Å². The monoisotopic (exact) mass is 620 g/mol. The van der Waals surface area contributed by atoms with E-state index < -0.39 is 0 Å². The van der Waals surface area contributed by atoms with Crippen LogP contribution in [-0.4, -0.2) is 0 Å². The summed E-state index contributed by atoms with van der Waals surface area (Å²) in [5.41, 5.74) is 10.2. The molecule has 0 saturated carbocycles. The number of hydrogen-bond acceptors (Lipinski definition) is 0. The number of rotatable bonds is 5. The lowest BCUT2D eigenvalue weighted by atomic mass is 9.90. The van der Waals surface area contributed by atoms with Crippen LogP contribution in [0.2, 0.25) is 0 Å². The number of allylic oxidation sites excluding steroid dienone is 21. The molecular weight excluding hydrogens is 577 g/mol. The Balaban J connectivity index is 1.69.